The molecule has 1 heterocycles. The first-order valence-corrected chi connectivity index (χ1v) is 11.8. The second kappa shape index (κ2) is 8.72. The van der Waals surface area contributed by atoms with E-state index in [1.54, 1.807) is 19.2 Å². The van der Waals surface area contributed by atoms with Crippen LogP contribution in [0.25, 0.3) is 10.9 Å². The number of nitrogens with one attached hydrogen (secondary N) is 2. The SMILES string of the molecule is COc1ccc(CNC(=O)CN(C)S(=O)(=O)c2ccc3[nH]c4c(c3c2)CCCC4)cc1. The van der Waals surface area contributed by atoms with Crippen LogP contribution in [-0.4, -0.2) is 44.3 Å². The maximum atomic E-state index is 13.1. The van der Waals surface area contributed by atoms with E-state index in [2.05, 4.69) is 10.3 Å². The molecule has 2 aromatic carbocycles. The quantitative estimate of drug-likeness (QED) is 0.590. The molecule has 0 aliphatic heterocycles. The van der Waals surface area contributed by atoms with Crippen molar-refractivity contribution in [1.29, 1.82) is 0 Å². The van der Waals surface area contributed by atoms with Crippen molar-refractivity contribution < 1.29 is 17.9 Å². The minimum Gasteiger partial charge on any atom is -0.497 e. The molecule has 0 atom stereocenters. The van der Waals surface area contributed by atoms with Crippen LogP contribution in [0.2, 0.25) is 0 Å². The van der Waals surface area contributed by atoms with Crippen molar-refractivity contribution >= 4 is 26.8 Å². The molecule has 1 aromatic heterocycles. The molecule has 7 nitrogen and oxygen atoms in total. The Morgan fingerprint density at radius 1 is 1.13 bits per heavy atom. The highest BCUT2D eigenvalue weighted by atomic mass is 32.2. The Kier molecular flexibility index (Phi) is 6.02. The highest BCUT2D eigenvalue weighted by molar-refractivity contribution is 7.89. The third-order valence-electron chi connectivity index (χ3n) is 5.79. The van der Waals surface area contributed by atoms with Crippen molar-refractivity contribution in [2.75, 3.05) is 20.7 Å². The van der Waals surface area contributed by atoms with Crippen LogP contribution >= 0.6 is 0 Å². The number of aryl methyl sites for hydroxylation is 2. The summed E-state index contributed by atoms with van der Waals surface area (Å²) in [6.07, 6.45) is 4.23. The summed E-state index contributed by atoms with van der Waals surface area (Å²) in [5.41, 5.74) is 4.30. The third-order valence-corrected chi connectivity index (χ3v) is 7.59. The standard InChI is InChI=1S/C23H27N3O4S/c1-26(15-23(27)24-14-16-7-9-17(30-2)10-8-16)31(28,29)18-11-12-22-20(13-18)19-5-3-4-6-21(19)25-22/h7-13,25H,3-6,14-15H2,1-2H3,(H,24,27). The van der Waals surface area contributed by atoms with Gasteiger partial charge in [-0.15, -0.1) is 0 Å². The van der Waals surface area contributed by atoms with Crippen molar-refractivity contribution in [3.05, 3.63) is 59.3 Å². The number of ether oxygens (including phenoxy) is 1. The van der Waals surface area contributed by atoms with Crippen LogP contribution in [0.5, 0.6) is 5.75 Å². The van der Waals surface area contributed by atoms with E-state index in [9.17, 15) is 13.2 Å². The van der Waals surface area contributed by atoms with Gasteiger partial charge in [-0.2, -0.15) is 4.31 Å². The van der Waals surface area contributed by atoms with Gasteiger partial charge in [0.05, 0.1) is 18.6 Å². The zero-order chi connectivity index (χ0) is 22.0. The monoisotopic (exact) mass is 441 g/mol. The van der Waals surface area contributed by atoms with Gasteiger partial charge in [0.25, 0.3) is 0 Å². The number of nitrogens with zero attached hydrogens (tertiary/aromatic N) is 1. The summed E-state index contributed by atoms with van der Waals surface area (Å²) in [7, 11) is -0.757. The number of benzene rings is 2. The molecule has 8 heteroatoms. The van der Waals surface area contributed by atoms with E-state index < -0.39 is 10.0 Å². The van der Waals surface area contributed by atoms with Gasteiger partial charge in [-0.3, -0.25) is 4.79 Å². The van der Waals surface area contributed by atoms with Crippen LogP contribution in [0.15, 0.2) is 47.4 Å². The maximum absolute atomic E-state index is 13.1. The molecule has 0 saturated heterocycles. The third kappa shape index (κ3) is 4.45. The second-order valence-electron chi connectivity index (χ2n) is 7.88. The second-order valence-corrected chi connectivity index (χ2v) is 9.93. The Hall–Kier alpha value is -2.84. The zero-order valence-electron chi connectivity index (χ0n) is 17.8. The lowest BCUT2D eigenvalue weighted by Gasteiger charge is -2.17. The maximum Gasteiger partial charge on any atom is 0.243 e. The average Bonchev–Trinajstić information content (AvgIpc) is 3.16. The van der Waals surface area contributed by atoms with Gasteiger partial charge in [0, 0.05) is 30.2 Å². The van der Waals surface area contributed by atoms with Gasteiger partial charge in [-0.25, -0.2) is 8.42 Å². The molecule has 0 unspecified atom stereocenters. The molecule has 0 saturated carbocycles. The fourth-order valence-corrected chi connectivity index (χ4v) is 5.17. The molecule has 1 amide bonds. The molecule has 164 valence electrons. The number of rotatable bonds is 7. The fraction of sp³-hybridized carbons (Fsp3) is 0.348. The predicted octanol–water partition coefficient (Wildman–Crippen LogP) is 2.99. The van der Waals surface area contributed by atoms with Crippen molar-refractivity contribution in [2.45, 2.75) is 37.1 Å². The van der Waals surface area contributed by atoms with E-state index in [4.69, 9.17) is 4.74 Å². The summed E-state index contributed by atoms with van der Waals surface area (Å²) in [6.45, 7) is 0.0694. The van der Waals surface area contributed by atoms with Crippen molar-refractivity contribution in [3.8, 4) is 5.75 Å². The number of sulfonamides is 1. The normalized spacial score (nSPS) is 13.9. The number of likely N-dealkylation sites (N-methyl/N-ethyl adjacent to an activating group) is 1. The van der Waals surface area contributed by atoms with Gasteiger partial charge >= 0.3 is 0 Å². The molecule has 1 aliphatic carbocycles. The van der Waals surface area contributed by atoms with E-state index in [1.807, 2.05) is 30.3 Å². The Morgan fingerprint density at radius 2 is 1.87 bits per heavy atom. The largest absolute Gasteiger partial charge is 0.497 e. The molecular formula is C23H27N3O4S. The minimum atomic E-state index is -3.78. The summed E-state index contributed by atoms with van der Waals surface area (Å²) >= 11 is 0. The smallest absolute Gasteiger partial charge is 0.243 e. The first-order chi connectivity index (χ1) is 14.9. The van der Waals surface area contributed by atoms with Gasteiger partial charge < -0.3 is 15.0 Å². The number of carbonyl (C=O) groups is 1. The number of aromatic nitrogens is 1. The summed E-state index contributed by atoms with van der Waals surface area (Å²) in [5, 5.41) is 3.73. The van der Waals surface area contributed by atoms with Gasteiger partial charge in [-0.05, 0) is 67.1 Å². The molecule has 0 bridgehead atoms. The molecule has 31 heavy (non-hydrogen) atoms. The Balaban J connectivity index is 1.44. The van der Waals surface area contributed by atoms with Gasteiger partial charge in [0.1, 0.15) is 5.75 Å². The number of carbonyl (C=O) groups excluding carboxylic acids is 1. The molecule has 3 aromatic rings. The highest BCUT2D eigenvalue weighted by Crippen LogP contribution is 2.31. The molecule has 4 rings (SSSR count). The highest BCUT2D eigenvalue weighted by Gasteiger charge is 2.24. The Bertz CT molecular complexity index is 1200. The molecule has 1 aliphatic rings. The van der Waals surface area contributed by atoms with Crippen LogP contribution in [0.3, 0.4) is 0 Å². The molecule has 0 fully saturated rings. The lowest BCUT2D eigenvalue weighted by Crippen LogP contribution is -2.38. The van der Waals surface area contributed by atoms with Crippen LogP contribution in [0.4, 0.5) is 0 Å². The summed E-state index contributed by atoms with van der Waals surface area (Å²) in [5.74, 6) is 0.378. The van der Waals surface area contributed by atoms with E-state index in [0.29, 0.717) is 6.54 Å². The number of fused-ring (bicyclic) bond motifs is 3. The molecule has 2 N–H and O–H groups in total. The molecular weight excluding hydrogens is 414 g/mol. The molecule has 0 spiro atoms. The predicted molar refractivity (Wildman–Crippen MR) is 120 cm³/mol. The van der Waals surface area contributed by atoms with E-state index in [1.165, 1.54) is 18.3 Å². The van der Waals surface area contributed by atoms with E-state index in [0.717, 1.165) is 52.2 Å². The van der Waals surface area contributed by atoms with Crippen molar-refractivity contribution in [1.82, 2.24) is 14.6 Å². The van der Waals surface area contributed by atoms with Gasteiger partial charge in [0.15, 0.2) is 0 Å². The Morgan fingerprint density at radius 3 is 2.61 bits per heavy atom. The van der Waals surface area contributed by atoms with Crippen LogP contribution in [0.1, 0.15) is 29.7 Å². The van der Waals surface area contributed by atoms with E-state index in [-0.39, 0.29) is 17.3 Å². The number of hydrogen-bond donors (Lipinski definition) is 2. The fourth-order valence-electron chi connectivity index (χ4n) is 4.01. The average molecular weight is 442 g/mol. The number of methoxy groups -OCH3 is 1. The first kappa shape index (κ1) is 21.4. The zero-order valence-corrected chi connectivity index (χ0v) is 18.6. The van der Waals surface area contributed by atoms with Gasteiger partial charge in [0.2, 0.25) is 15.9 Å². The van der Waals surface area contributed by atoms with Crippen molar-refractivity contribution in [3.63, 3.8) is 0 Å². The number of hydrogen-bond acceptors (Lipinski definition) is 4. The van der Waals surface area contributed by atoms with Crippen LogP contribution in [-0.2, 0) is 34.2 Å². The minimum absolute atomic E-state index is 0.206. The summed E-state index contributed by atoms with van der Waals surface area (Å²) < 4.78 is 32.3. The van der Waals surface area contributed by atoms with Crippen molar-refractivity contribution in [2.24, 2.45) is 0 Å². The number of H-pyrrole nitrogens is 1. The topological polar surface area (TPSA) is 91.5 Å². The number of aromatic amines is 1. The number of amides is 1. The lowest BCUT2D eigenvalue weighted by molar-refractivity contribution is -0.121. The van der Waals surface area contributed by atoms with E-state index >= 15 is 0 Å². The molecule has 0 radical (unpaired) electrons. The Labute approximate surface area is 182 Å². The lowest BCUT2D eigenvalue weighted by atomic mass is 9.96. The van der Waals surface area contributed by atoms with Crippen LogP contribution < -0.4 is 10.1 Å². The van der Waals surface area contributed by atoms with Crippen LogP contribution in [0, 0.1) is 0 Å². The van der Waals surface area contributed by atoms with Gasteiger partial charge in [-0.1, -0.05) is 12.1 Å². The summed E-state index contributed by atoms with van der Waals surface area (Å²) in [6, 6.07) is 12.5. The first-order valence-electron chi connectivity index (χ1n) is 10.4. The summed E-state index contributed by atoms with van der Waals surface area (Å²) in [4.78, 5) is 16.0.